The van der Waals surface area contributed by atoms with Gasteiger partial charge >= 0.3 is 0 Å². The van der Waals surface area contributed by atoms with E-state index in [1.807, 2.05) is 35.2 Å². The second-order valence-electron chi connectivity index (χ2n) is 3.32. The van der Waals surface area contributed by atoms with E-state index in [1.54, 1.807) is 32.2 Å². The Hall–Kier alpha value is -1.62. The van der Waals surface area contributed by atoms with Crippen LogP contribution in [0.1, 0.15) is 0 Å². The molecule has 0 atom stereocenters. The summed E-state index contributed by atoms with van der Waals surface area (Å²) in [4.78, 5) is 4.27. The zero-order valence-corrected chi connectivity index (χ0v) is 10.8. The molecule has 2 aromatic rings. The van der Waals surface area contributed by atoms with Crippen LogP contribution in [0.2, 0.25) is 0 Å². The third-order valence-corrected chi connectivity index (χ3v) is 3.10. The zero-order valence-electron chi connectivity index (χ0n) is 10.0. The normalized spacial score (nSPS) is 10.3. The van der Waals surface area contributed by atoms with Gasteiger partial charge in [-0.15, -0.1) is 0 Å². The first-order valence-electron chi connectivity index (χ1n) is 5.10. The summed E-state index contributed by atoms with van der Waals surface area (Å²) in [5.74, 6) is 1.54. The first-order valence-corrected chi connectivity index (χ1v) is 6.32. The van der Waals surface area contributed by atoms with Crippen LogP contribution in [0.3, 0.4) is 0 Å². The highest BCUT2D eigenvalue weighted by Crippen LogP contribution is 2.30. The van der Waals surface area contributed by atoms with Crippen LogP contribution in [-0.2, 0) is 0 Å². The van der Waals surface area contributed by atoms with Crippen molar-refractivity contribution in [1.82, 2.24) is 9.55 Å². The lowest BCUT2D eigenvalue weighted by Gasteiger charge is -2.12. The number of hydrogen-bond acceptors (Lipinski definition) is 4. The lowest BCUT2D eigenvalue weighted by atomic mass is 10.2. The van der Waals surface area contributed by atoms with Gasteiger partial charge in [-0.25, -0.2) is 4.98 Å². The van der Waals surface area contributed by atoms with Gasteiger partial charge < -0.3 is 9.47 Å². The van der Waals surface area contributed by atoms with Gasteiger partial charge in [-0.2, -0.15) is 0 Å². The molecule has 0 aliphatic carbocycles. The molecule has 0 aliphatic rings. The molecule has 0 saturated heterocycles. The zero-order chi connectivity index (χ0) is 12.3. The molecule has 0 unspecified atom stereocenters. The number of ether oxygens (including phenoxy) is 2. The Morgan fingerprint density at radius 3 is 2.71 bits per heavy atom. The van der Waals surface area contributed by atoms with E-state index in [0.717, 1.165) is 22.3 Å². The van der Waals surface area contributed by atoms with Crippen LogP contribution in [0.15, 0.2) is 35.7 Å². The van der Waals surface area contributed by atoms with E-state index < -0.39 is 0 Å². The first kappa shape index (κ1) is 11.9. The fourth-order valence-electron chi connectivity index (χ4n) is 1.61. The van der Waals surface area contributed by atoms with E-state index in [1.165, 1.54) is 0 Å². The molecule has 17 heavy (non-hydrogen) atoms. The van der Waals surface area contributed by atoms with Gasteiger partial charge in [0.05, 0.1) is 19.9 Å². The molecule has 0 aliphatic heterocycles. The van der Waals surface area contributed by atoms with Crippen LogP contribution in [0.25, 0.3) is 5.69 Å². The van der Waals surface area contributed by atoms with Crippen molar-refractivity contribution in [3.8, 4) is 17.2 Å². The monoisotopic (exact) mass is 250 g/mol. The Morgan fingerprint density at radius 2 is 2.06 bits per heavy atom. The third kappa shape index (κ3) is 2.24. The van der Waals surface area contributed by atoms with Gasteiger partial charge in [0, 0.05) is 18.5 Å². The van der Waals surface area contributed by atoms with E-state index in [4.69, 9.17) is 9.47 Å². The molecule has 1 aromatic carbocycles. The van der Waals surface area contributed by atoms with Gasteiger partial charge in [-0.1, -0.05) is 11.8 Å². The summed E-state index contributed by atoms with van der Waals surface area (Å²) < 4.78 is 12.5. The molecule has 0 amide bonds. The molecule has 0 spiro atoms. The maximum absolute atomic E-state index is 5.37. The number of hydrogen-bond donors (Lipinski definition) is 0. The predicted molar refractivity (Wildman–Crippen MR) is 68.4 cm³/mol. The third-order valence-electron chi connectivity index (χ3n) is 2.44. The predicted octanol–water partition coefficient (Wildman–Crippen LogP) is 2.61. The van der Waals surface area contributed by atoms with Crippen molar-refractivity contribution in [2.45, 2.75) is 5.16 Å². The molecule has 1 aromatic heterocycles. The molecule has 0 radical (unpaired) electrons. The highest BCUT2D eigenvalue weighted by molar-refractivity contribution is 7.98. The van der Waals surface area contributed by atoms with Crippen molar-refractivity contribution in [2.24, 2.45) is 0 Å². The quantitative estimate of drug-likeness (QED) is 0.782. The summed E-state index contributed by atoms with van der Waals surface area (Å²) in [7, 11) is 3.28. The van der Waals surface area contributed by atoms with E-state index in [0.29, 0.717) is 0 Å². The van der Waals surface area contributed by atoms with Crippen LogP contribution >= 0.6 is 11.8 Å². The minimum absolute atomic E-state index is 0.762. The largest absolute Gasteiger partial charge is 0.497 e. The van der Waals surface area contributed by atoms with Gasteiger partial charge in [0.2, 0.25) is 0 Å². The second-order valence-corrected chi connectivity index (χ2v) is 4.10. The van der Waals surface area contributed by atoms with Crippen LogP contribution < -0.4 is 9.47 Å². The molecule has 1 heterocycles. The van der Waals surface area contributed by atoms with E-state index >= 15 is 0 Å². The number of nitrogens with zero attached hydrogens (tertiary/aromatic N) is 2. The van der Waals surface area contributed by atoms with Crippen LogP contribution in [0.4, 0.5) is 0 Å². The molecular formula is C12H14N2O2S. The Labute approximate surface area is 105 Å². The minimum atomic E-state index is 0.762. The Kier molecular flexibility index (Phi) is 3.58. The molecule has 0 saturated carbocycles. The maximum atomic E-state index is 5.37. The molecule has 0 fully saturated rings. The highest BCUT2D eigenvalue weighted by atomic mass is 32.2. The summed E-state index contributed by atoms with van der Waals surface area (Å²) >= 11 is 1.59. The van der Waals surface area contributed by atoms with Crippen molar-refractivity contribution in [3.05, 3.63) is 30.6 Å². The Balaban J connectivity index is 2.51. The molecule has 4 nitrogen and oxygen atoms in total. The van der Waals surface area contributed by atoms with E-state index in [9.17, 15) is 0 Å². The summed E-state index contributed by atoms with van der Waals surface area (Å²) in [6.07, 6.45) is 5.68. The summed E-state index contributed by atoms with van der Waals surface area (Å²) in [5, 5.41) is 0.925. The van der Waals surface area contributed by atoms with E-state index in [2.05, 4.69) is 4.98 Å². The smallest absolute Gasteiger partial charge is 0.172 e. The SMILES string of the molecule is COc1ccc(-n2ccnc2SC)c(OC)c1. The van der Waals surface area contributed by atoms with Crippen molar-refractivity contribution in [1.29, 1.82) is 0 Å². The van der Waals surface area contributed by atoms with Crippen molar-refractivity contribution >= 4 is 11.8 Å². The number of thioether (sulfide) groups is 1. The van der Waals surface area contributed by atoms with Crippen LogP contribution in [0.5, 0.6) is 11.5 Å². The van der Waals surface area contributed by atoms with Gasteiger partial charge in [0.15, 0.2) is 5.16 Å². The van der Waals surface area contributed by atoms with Crippen molar-refractivity contribution < 1.29 is 9.47 Å². The second kappa shape index (κ2) is 5.14. The molecule has 2 rings (SSSR count). The fraction of sp³-hybridized carbons (Fsp3) is 0.250. The average molecular weight is 250 g/mol. The van der Waals surface area contributed by atoms with Crippen molar-refractivity contribution in [2.75, 3.05) is 20.5 Å². The van der Waals surface area contributed by atoms with Gasteiger partial charge in [0.25, 0.3) is 0 Å². The fourth-order valence-corrected chi connectivity index (χ4v) is 2.13. The maximum Gasteiger partial charge on any atom is 0.172 e. The Morgan fingerprint density at radius 1 is 1.24 bits per heavy atom. The van der Waals surface area contributed by atoms with Crippen LogP contribution in [0, 0.1) is 0 Å². The summed E-state index contributed by atoms with van der Waals surface area (Å²) in [6.45, 7) is 0. The number of rotatable bonds is 4. The first-order chi connectivity index (χ1) is 8.30. The molecule has 0 bridgehead atoms. The van der Waals surface area contributed by atoms with Crippen molar-refractivity contribution in [3.63, 3.8) is 0 Å². The van der Waals surface area contributed by atoms with Gasteiger partial charge in [-0.3, -0.25) is 4.57 Å². The highest BCUT2D eigenvalue weighted by Gasteiger charge is 2.10. The minimum Gasteiger partial charge on any atom is -0.497 e. The Bertz CT molecular complexity index is 511. The lowest BCUT2D eigenvalue weighted by molar-refractivity contribution is 0.392. The summed E-state index contributed by atoms with van der Waals surface area (Å²) in [5.41, 5.74) is 0.954. The number of aromatic nitrogens is 2. The average Bonchev–Trinajstić information content (AvgIpc) is 2.85. The number of imidazole rings is 1. The molecular weight excluding hydrogens is 236 g/mol. The summed E-state index contributed by atoms with van der Waals surface area (Å²) in [6, 6.07) is 5.72. The molecule has 90 valence electrons. The van der Waals surface area contributed by atoms with E-state index in [-0.39, 0.29) is 0 Å². The van der Waals surface area contributed by atoms with Crippen LogP contribution in [-0.4, -0.2) is 30.0 Å². The molecule has 5 heteroatoms. The lowest BCUT2D eigenvalue weighted by Crippen LogP contribution is -1.99. The van der Waals surface area contributed by atoms with Gasteiger partial charge in [0.1, 0.15) is 11.5 Å². The molecule has 0 N–H and O–H groups in total. The number of benzene rings is 1. The van der Waals surface area contributed by atoms with Gasteiger partial charge in [-0.05, 0) is 18.4 Å². The standard InChI is InChI=1S/C12H14N2O2S/c1-15-9-4-5-10(11(8-9)16-2)14-7-6-13-12(14)17-3/h4-8H,1-3H3. The number of methoxy groups -OCH3 is 2. The topological polar surface area (TPSA) is 36.3 Å².